The fraction of sp³-hybridized carbons (Fsp3) is 0.167. The van der Waals surface area contributed by atoms with Gasteiger partial charge in [-0.05, 0) is 0 Å². The van der Waals surface area contributed by atoms with Crippen molar-refractivity contribution in [2.75, 3.05) is 0 Å². The number of carboxylic acids is 4. The largest absolute Gasteiger partial charge is 2.00 e. The topological polar surface area (TPSA) is 278 Å². The molecule has 0 aliphatic heterocycles. The molecule has 2 rings (SSSR count). The zero-order valence-electron chi connectivity index (χ0n) is 13.1. The summed E-state index contributed by atoms with van der Waals surface area (Å²) in [4.78, 5) is 55.1. The second kappa shape index (κ2) is 10.0. The molecule has 27 heavy (non-hydrogen) atoms. The minimum Gasteiger partial charge on any atom is -0.543 e. The van der Waals surface area contributed by atoms with Crippen molar-refractivity contribution in [1.82, 2.24) is 19.9 Å². The number of aryl methyl sites for hydroxylation is 2. The SMILES string of the molecule is O=C([O-])c1nc(CCc2nc(C(=O)[O-])c(C(=O)O)[nH]2)[nH]c1C(=O)O.[Co+2].[OH3+].[OH3+]. The van der Waals surface area contributed by atoms with Gasteiger partial charge < -0.3 is 50.9 Å². The van der Waals surface area contributed by atoms with Crippen LogP contribution in [0.3, 0.4) is 0 Å². The Balaban J connectivity index is 0. The van der Waals surface area contributed by atoms with Gasteiger partial charge in [0.05, 0.1) is 11.9 Å². The molecule has 0 atom stereocenters. The first-order valence-electron chi connectivity index (χ1n) is 6.27. The van der Waals surface area contributed by atoms with Crippen LogP contribution in [-0.4, -0.2) is 54.0 Å². The molecule has 0 unspecified atom stereocenters. The van der Waals surface area contributed by atoms with Gasteiger partial charge in [0.2, 0.25) is 0 Å². The Bertz CT molecular complexity index is 725. The number of nitrogens with one attached hydrogen (secondary N) is 2. The smallest absolute Gasteiger partial charge is 0.543 e. The van der Waals surface area contributed by atoms with E-state index in [-0.39, 0.29) is 52.2 Å². The Morgan fingerprint density at radius 3 is 1.26 bits per heavy atom. The number of carboxylic acid groups (broad SMARTS) is 4. The Morgan fingerprint density at radius 2 is 1.07 bits per heavy atom. The van der Waals surface area contributed by atoms with Gasteiger partial charge in [0, 0.05) is 12.8 Å². The number of rotatable bonds is 7. The maximum Gasteiger partial charge on any atom is 2.00 e. The average Bonchev–Trinajstić information content (AvgIpc) is 3.09. The van der Waals surface area contributed by atoms with E-state index in [2.05, 4.69) is 19.9 Å². The molecule has 2 aromatic rings. The summed E-state index contributed by atoms with van der Waals surface area (Å²) in [5.41, 5.74) is -2.88. The second-order valence-electron chi connectivity index (χ2n) is 4.50. The van der Waals surface area contributed by atoms with E-state index in [0.717, 1.165) is 0 Å². The number of aromatic amines is 2. The van der Waals surface area contributed by atoms with Gasteiger partial charge in [-0.25, -0.2) is 19.6 Å². The summed E-state index contributed by atoms with van der Waals surface area (Å²) in [6, 6.07) is 0. The van der Waals surface area contributed by atoms with E-state index >= 15 is 0 Å². The molecule has 2 aromatic heterocycles. The van der Waals surface area contributed by atoms with Gasteiger partial charge in [0.1, 0.15) is 23.0 Å². The molecule has 0 aliphatic carbocycles. The van der Waals surface area contributed by atoms with Crippen molar-refractivity contribution < 1.29 is 67.3 Å². The average molecular weight is 433 g/mol. The Kier molecular flexibility index (Phi) is 9.63. The van der Waals surface area contributed by atoms with Gasteiger partial charge in [0.15, 0.2) is 11.4 Å². The molecule has 149 valence electrons. The molecule has 0 spiro atoms. The van der Waals surface area contributed by atoms with Crippen LogP contribution in [0.15, 0.2) is 0 Å². The Hall–Kier alpha value is -3.27. The summed E-state index contributed by atoms with van der Waals surface area (Å²) in [5, 5.41) is 39.3. The van der Waals surface area contributed by atoms with Crippen LogP contribution in [0.2, 0.25) is 0 Å². The normalized spacial score (nSPS) is 9.33. The van der Waals surface area contributed by atoms with E-state index in [9.17, 15) is 29.4 Å². The van der Waals surface area contributed by atoms with Gasteiger partial charge in [-0.3, -0.25) is 0 Å². The van der Waals surface area contributed by atoms with Crippen molar-refractivity contribution in [1.29, 1.82) is 0 Å². The summed E-state index contributed by atoms with van der Waals surface area (Å²) in [7, 11) is 0. The number of aromatic carboxylic acids is 4. The first-order chi connectivity index (χ1) is 11.2. The zero-order chi connectivity index (χ0) is 18.0. The molecule has 0 aromatic carbocycles. The van der Waals surface area contributed by atoms with E-state index in [1.165, 1.54) is 0 Å². The maximum absolute atomic E-state index is 10.9. The minimum atomic E-state index is -1.78. The van der Waals surface area contributed by atoms with Crippen LogP contribution in [0.4, 0.5) is 0 Å². The van der Waals surface area contributed by atoms with Crippen LogP contribution in [0, 0.1) is 0 Å². The van der Waals surface area contributed by atoms with Crippen molar-refractivity contribution >= 4 is 23.9 Å². The van der Waals surface area contributed by atoms with Crippen LogP contribution in [0.5, 0.6) is 0 Å². The molecule has 0 saturated carbocycles. The molecule has 1 radical (unpaired) electrons. The predicted molar refractivity (Wildman–Crippen MR) is 76.9 cm³/mol. The third kappa shape index (κ3) is 5.61. The first-order valence-corrected chi connectivity index (χ1v) is 6.27. The molecule has 0 amide bonds. The first kappa shape index (κ1) is 26.0. The molecule has 0 saturated heterocycles. The van der Waals surface area contributed by atoms with Crippen LogP contribution in [0.1, 0.15) is 53.6 Å². The van der Waals surface area contributed by atoms with Crippen molar-refractivity contribution in [3.8, 4) is 0 Å². The molecule has 0 aliphatic rings. The quantitative estimate of drug-likeness (QED) is 0.302. The maximum atomic E-state index is 10.9. The van der Waals surface area contributed by atoms with Crippen molar-refractivity contribution in [3.05, 3.63) is 34.4 Å². The van der Waals surface area contributed by atoms with Gasteiger partial charge in [-0.2, -0.15) is 0 Å². The molecule has 14 nitrogen and oxygen atoms in total. The molecule has 15 heteroatoms. The van der Waals surface area contributed by atoms with Crippen molar-refractivity contribution in [2.45, 2.75) is 12.8 Å². The number of carbonyl (C=O) groups is 4. The number of aromatic nitrogens is 4. The number of imidazole rings is 2. The summed E-state index contributed by atoms with van der Waals surface area (Å²) in [6.45, 7) is 0. The van der Waals surface area contributed by atoms with E-state index in [0.29, 0.717) is 0 Å². The third-order valence-corrected chi connectivity index (χ3v) is 2.92. The van der Waals surface area contributed by atoms with E-state index in [1.54, 1.807) is 0 Å². The van der Waals surface area contributed by atoms with Crippen molar-refractivity contribution in [3.63, 3.8) is 0 Å². The number of carbonyl (C=O) groups excluding carboxylic acids is 2. The van der Waals surface area contributed by atoms with Gasteiger partial charge in [-0.15, -0.1) is 0 Å². The fourth-order valence-electron chi connectivity index (χ4n) is 1.92. The van der Waals surface area contributed by atoms with E-state index in [4.69, 9.17) is 10.2 Å². The number of H-pyrrole nitrogens is 2. The molecule has 0 bridgehead atoms. The van der Waals surface area contributed by atoms with Gasteiger partial charge in [0.25, 0.3) is 0 Å². The standard InChI is InChI=1S/C12H10N4O8.Co.2H2O/c17-9(18)5-6(10(19)20)14-3(13-5)1-2-4-15-7(11(21)22)8(16-4)12(23)24;;;/h1-2H2,(H,13,14)(H,15,16)(H,17,18)(H,19,20)(H,21,22)(H,23,24);;2*1H2/q;+2;;. The summed E-state index contributed by atoms with van der Waals surface area (Å²) in [6.07, 6.45) is -0.126. The van der Waals surface area contributed by atoms with Crippen LogP contribution in [-0.2, 0) is 40.6 Å². The minimum absolute atomic E-state index is 0. The van der Waals surface area contributed by atoms with E-state index < -0.39 is 46.7 Å². The molecule has 0 fully saturated rings. The third-order valence-electron chi connectivity index (χ3n) is 2.92. The van der Waals surface area contributed by atoms with Crippen LogP contribution in [0.25, 0.3) is 0 Å². The predicted octanol–water partition coefficient (Wildman–Crippen LogP) is -4.80. The van der Waals surface area contributed by atoms with E-state index in [1.807, 2.05) is 0 Å². The summed E-state index contributed by atoms with van der Waals surface area (Å²) >= 11 is 0. The monoisotopic (exact) mass is 433 g/mol. The van der Waals surface area contributed by atoms with Gasteiger partial charge in [-0.1, -0.05) is 0 Å². The number of nitrogens with zero attached hydrogens (tertiary/aromatic N) is 2. The molecular weight excluding hydrogens is 419 g/mol. The number of hydrogen-bond acceptors (Lipinski definition) is 8. The number of hydrogen-bond donors (Lipinski definition) is 4. The van der Waals surface area contributed by atoms with Gasteiger partial charge >= 0.3 is 28.7 Å². The Labute approximate surface area is 159 Å². The van der Waals surface area contributed by atoms with Crippen LogP contribution < -0.4 is 10.2 Å². The fourth-order valence-corrected chi connectivity index (χ4v) is 1.92. The van der Waals surface area contributed by atoms with Crippen LogP contribution >= 0.6 is 0 Å². The zero-order valence-corrected chi connectivity index (χ0v) is 14.2. The molecule has 10 N–H and O–H groups in total. The summed E-state index contributed by atoms with van der Waals surface area (Å²) < 4.78 is 0. The Morgan fingerprint density at radius 1 is 0.778 bits per heavy atom. The summed E-state index contributed by atoms with van der Waals surface area (Å²) in [5.74, 6) is -6.71. The molecular formula is C12H14CoN4O10+2. The van der Waals surface area contributed by atoms with Crippen molar-refractivity contribution in [2.24, 2.45) is 0 Å². The second-order valence-corrected chi connectivity index (χ2v) is 4.50. The molecule has 2 heterocycles.